The second kappa shape index (κ2) is 12.8. The predicted molar refractivity (Wildman–Crippen MR) is 68.5 cm³/mol. The highest BCUT2D eigenvalue weighted by atomic mass is 16.4. The molecule has 0 saturated carbocycles. The summed E-state index contributed by atoms with van der Waals surface area (Å²) in [5, 5.41) is 32.0. The van der Waals surface area contributed by atoms with E-state index in [1.807, 2.05) is 0 Å². The first-order valence-electron chi connectivity index (χ1n) is 4.89. The number of carboxylic acids is 2. The molecule has 0 radical (unpaired) electrons. The van der Waals surface area contributed by atoms with Crippen LogP contribution in [0.25, 0.3) is 0 Å². The average Bonchev–Trinajstić information content (AvgIpc) is 2.29. The van der Waals surface area contributed by atoms with Gasteiger partial charge in [-0.2, -0.15) is 0 Å². The van der Waals surface area contributed by atoms with Gasteiger partial charge in [0.05, 0.1) is 0 Å². The molecule has 104 valence electrons. The van der Waals surface area contributed by atoms with Gasteiger partial charge >= 0.3 is 11.9 Å². The van der Waals surface area contributed by atoms with Crippen LogP contribution in [-0.4, -0.2) is 32.4 Å². The van der Waals surface area contributed by atoms with Crippen LogP contribution in [0.1, 0.15) is 27.2 Å². The molecule has 0 heterocycles. The summed E-state index contributed by atoms with van der Waals surface area (Å²) in [4.78, 5) is 19.2. The molecule has 6 heteroatoms. The van der Waals surface area contributed by atoms with Gasteiger partial charge in [-0.15, -0.1) is 0 Å². The third-order valence-electron chi connectivity index (χ3n) is 1.24. The molecular formula is C12H20O6. The first kappa shape index (κ1) is 21.1. The molecule has 0 rings (SSSR count). The number of aliphatic carboxylic acids is 2. The molecule has 18 heavy (non-hydrogen) atoms. The van der Waals surface area contributed by atoms with Crippen molar-refractivity contribution in [3.8, 4) is 0 Å². The smallest absolute Gasteiger partial charge is 0.330 e. The van der Waals surface area contributed by atoms with Crippen LogP contribution in [-0.2, 0) is 9.59 Å². The first-order chi connectivity index (χ1) is 8.09. The van der Waals surface area contributed by atoms with Crippen molar-refractivity contribution < 1.29 is 30.0 Å². The minimum absolute atomic E-state index is 0.0231. The number of allylic oxidation sites excluding steroid dienone is 1. The Morgan fingerprint density at radius 1 is 1.00 bits per heavy atom. The Kier molecular flexibility index (Phi) is 15.0. The predicted octanol–water partition coefficient (Wildman–Crippen LogP) is 2.65. The number of rotatable bonds is 3. The van der Waals surface area contributed by atoms with Crippen molar-refractivity contribution >= 4 is 11.9 Å². The highest BCUT2D eigenvalue weighted by Crippen LogP contribution is 1.88. The second-order valence-electron chi connectivity index (χ2n) is 3.14. The van der Waals surface area contributed by atoms with Crippen molar-refractivity contribution in [2.45, 2.75) is 27.2 Å². The molecule has 6 nitrogen and oxygen atoms in total. The molecule has 0 amide bonds. The van der Waals surface area contributed by atoms with E-state index in [9.17, 15) is 9.59 Å². The van der Waals surface area contributed by atoms with Crippen molar-refractivity contribution in [1.29, 1.82) is 0 Å². The van der Waals surface area contributed by atoms with Crippen molar-refractivity contribution in [2.24, 2.45) is 0 Å². The molecule has 0 bridgehead atoms. The molecule has 0 aliphatic carbocycles. The maximum atomic E-state index is 9.60. The minimum Gasteiger partial charge on any atom is -0.512 e. The molecule has 0 fully saturated rings. The van der Waals surface area contributed by atoms with E-state index in [4.69, 9.17) is 20.4 Å². The Morgan fingerprint density at radius 3 is 1.22 bits per heavy atom. The van der Waals surface area contributed by atoms with E-state index in [0.717, 1.165) is 0 Å². The fourth-order valence-corrected chi connectivity index (χ4v) is 0.0913. The van der Waals surface area contributed by atoms with Crippen LogP contribution in [0, 0.1) is 0 Å². The molecule has 0 atom stereocenters. The summed E-state index contributed by atoms with van der Waals surface area (Å²) < 4.78 is 0. The fraction of sp³-hybridized carbons (Fsp3) is 0.333. The van der Waals surface area contributed by atoms with Gasteiger partial charge in [0.1, 0.15) is 12.0 Å². The van der Waals surface area contributed by atoms with Gasteiger partial charge in [-0.25, -0.2) is 9.59 Å². The normalized spacial score (nSPS) is 8.94. The Balaban J connectivity index is -0.000000187. The molecule has 0 unspecified atom stereocenters. The van der Waals surface area contributed by atoms with Crippen LogP contribution in [0.2, 0.25) is 0 Å². The highest BCUT2D eigenvalue weighted by molar-refractivity contribution is 5.85. The molecule has 0 aromatic carbocycles. The van der Waals surface area contributed by atoms with E-state index >= 15 is 0 Å². The van der Waals surface area contributed by atoms with Gasteiger partial charge < -0.3 is 20.4 Å². The van der Waals surface area contributed by atoms with Gasteiger partial charge in [-0.3, -0.25) is 0 Å². The lowest BCUT2D eigenvalue weighted by Crippen LogP contribution is -1.92. The van der Waals surface area contributed by atoms with E-state index in [-0.39, 0.29) is 16.9 Å². The van der Waals surface area contributed by atoms with Gasteiger partial charge in [0.25, 0.3) is 0 Å². The standard InChI is InChI=1S/2C4H6O2.C4H8O2/c2*1-3(2)4(5)6;1-2-4(6)3-5/h2*1H2,2H3,(H,5,6);3,5-6H,2H2,1H3. The number of carbonyl (C=O) groups is 2. The van der Waals surface area contributed by atoms with Crippen LogP contribution in [0.4, 0.5) is 0 Å². The summed E-state index contributed by atoms with van der Waals surface area (Å²) in [6, 6.07) is 0. The van der Waals surface area contributed by atoms with Crippen LogP contribution < -0.4 is 0 Å². The quantitative estimate of drug-likeness (QED) is 0.458. The van der Waals surface area contributed by atoms with Crippen molar-refractivity contribution in [3.05, 3.63) is 36.3 Å². The van der Waals surface area contributed by atoms with Gasteiger partial charge in [-0.1, -0.05) is 20.1 Å². The minimum atomic E-state index is -0.935. The van der Waals surface area contributed by atoms with Gasteiger partial charge in [0.15, 0.2) is 0 Å². The Hall–Kier alpha value is -2.24. The third kappa shape index (κ3) is 23.5. The zero-order chi connectivity index (χ0) is 15.3. The van der Waals surface area contributed by atoms with Crippen LogP contribution in [0.15, 0.2) is 36.3 Å². The molecular weight excluding hydrogens is 240 g/mol. The van der Waals surface area contributed by atoms with Gasteiger partial charge in [0, 0.05) is 17.6 Å². The maximum absolute atomic E-state index is 9.60. The van der Waals surface area contributed by atoms with Gasteiger partial charge in [-0.05, 0) is 13.8 Å². The lowest BCUT2D eigenvalue weighted by Gasteiger charge is -1.83. The summed E-state index contributed by atoms with van der Waals surface area (Å²) in [5.41, 5.74) is 0.352. The van der Waals surface area contributed by atoms with Crippen molar-refractivity contribution in [3.63, 3.8) is 0 Å². The monoisotopic (exact) mass is 260 g/mol. The SMILES string of the molecule is C=C(C)C(=O)O.C=C(C)C(=O)O.CCC(O)=CO. The summed E-state index contributed by atoms with van der Waals surface area (Å²) in [7, 11) is 0. The lowest BCUT2D eigenvalue weighted by atomic mass is 10.4. The topological polar surface area (TPSA) is 115 Å². The number of hydrogen-bond acceptors (Lipinski definition) is 4. The zero-order valence-electron chi connectivity index (χ0n) is 10.8. The molecule has 0 aliphatic heterocycles. The summed E-state index contributed by atoms with van der Waals surface area (Å²) in [5.74, 6) is -1.85. The van der Waals surface area contributed by atoms with E-state index in [0.29, 0.717) is 12.7 Å². The number of hydrogen-bond donors (Lipinski definition) is 4. The molecule has 0 aromatic rings. The second-order valence-corrected chi connectivity index (χ2v) is 3.14. The zero-order valence-corrected chi connectivity index (χ0v) is 10.8. The summed E-state index contributed by atoms with van der Waals surface area (Å²) >= 11 is 0. The average molecular weight is 260 g/mol. The van der Waals surface area contributed by atoms with E-state index < -0.39 is 11.9 Å². The molecule has 0 aliphatic rings. The van der Waals surface area contributed by atoms with Crippen LogP contribution >= 0.6 is 0 Å². The largest absolute Gasteiger partial charge is 0.512 e. The Bertz CT molecular complexity index is 279. The number of aliphatic hydroxyl groups excluding tert-OH is 2. The molecule has 4 N–H and O–H groups in total. The summed E-state index contributed by atoms with van der Waals surface area (Å²) in [6.45, 7) is 11.0. The van der Waals surface area contributed by atoms with Crippen molar-refractivity contribution in [2.75, 3.05) is 0 Å². The van der Waals surface area contributed by atoms with E-state index in [2.05, 4.69) is 13.2 Å². The Labute approximate surface area is 106 Å². The fourth-order valence-electron chi connectivity index (χ4n) is 0.0913. The van der Waals surface area contributed by atoms with Crippen LogP contribution in [0.3, 0.4) is 0 Å². The van der Waals surface area contributed by atoms with E-state index in [1.54, 1.807) is 6.92 Å². The van der Waals surface area contributed by atoms with E-state index in [1.165, 1.54) is 13.8 Å². The Morgan fingerprint density at radius 2 is 1.22 bits per heavy atom. The van der Waals surface area contributed by atoms with Crippen molar-refractivity contribution in [1.82, 2.24) is 0 Å². The third-order valence-corrected chi connectivity index (χ3v) is 1.24. The number of aliphatic hydroxyl groups is 2. The van der Waals surface area contributed by atoms with Crippen LogP contribution in [0.5, 0.6) is 0 Å². The maximum Gasteiger partial charge on any atom is 0.330 e. The lowest BCUT2D eigenvalue weighted by molar-refractivity contribution is -0.133. The molecule has 0 spiro atoms. The molecule has 0 aromatic heterocycles. The molecule has 0 saturated heterocycles. The highest BCUT2D eigenvalue weighted by Gasteiger charge is 1.90. The summed E-state index contributed by atoms with van der Waals surface area (Å²) in [6.07, 6.45) is 1.19. The number of carboxylic acid groups (broad SMARTS) is 2. The first-order valence-corrected chi connectivity index (χ1v) is 4.89. The van der Waals surface area contributed by atoms with Gasteiger partial charge in [0.2, 0.25) is 0 Å².